The SMILES string of the molecule is Cc1nn(CCC(=O)NC(CO)C(O)c2ccc([N+](=O)[O-])cc2)cc1I. The Balaban J connectivity index is 1.94. The second kappa shape index (κ2) is 9.05. The third kappa shape index (κ3) is 5.22. The van der Waals surface area contributed by atoms with Crippen LogP contribution in [0.1, 0.15) is 23.8 Å². The Hall–Kier alpha value is -2.05. The monoisotopic (exact) mass is 474 g/mol. The van der Waals surface area contributed by atoms with E-state index in [9.17, 15) is 25.1 Å². The molecule has 2 atom stereocenters. The minimum atomic E-state index is -1.18. The number of amides is 1. The number of hydrogen-bond acceptors (Lipinski definition) is 6. The van der Waals surface area contributed by atoms with E-state index in [0.29, 0.717) is 12.1 Å². The Morgan fingerprint density at radius 2 is 2.08 bits per heavy atom. The molecule has 3 N–H and O–H groups in total. The number of aromatic nitrogens is 2. The number of nitro benzene ring substituents is 1. The summed E-state index contributed by atoms with van der Waals surface area (Å²) in [5, 5.41) is 37.3. The van der Waals surface area contributed by atoms with Gasteiger partial charge in [-0.1, -0.05) is 0 Å². The van der Waals surface area contributed by atoms with Gasteiger partial charge in [0.05, 0.1) is 26.8 Å². The lowest BCUT2D eigenvalue weighted by Crippen LogP contribution is -2.42. The molecule has 9 nitrogen and oxygen atoms in total. The van der Waals surface area contributed by atoms with Crippen LogP contribution in [0.4, 0.5) is 5.69 Å². The number of carbonyl (C=O) groups excluding carboxylic acids is 1. The number of hydrogen-bond donors (Lipinski definition) is 3. The van der Waals surface area contributed by atoms with E-state index in [2.05, 4.69) is 33.0 Å². The Morgan fingerprint density at radius 1 is 1.42 bits per heavy atom. The van der Waals surface area contributed by atoms with Crippen LogP contribution in [-0.4, -0.2) is 43.5 Å². The second-order valence-electron chi connectivity index (χ2n) is 5.73. The number of halogens is 1. The summed E-state index contributed by atoms with van der Waals surface area (Å²) in [6, 6.07) is 4.40. The number of rotatable bonds is 8. The molecule has 1 aromatic heterocycles. The summed E-state index contributed by atoms with van der Waals surface area (Å²) in [6.45, 7) is 1.78. The number of nitrogens with zero attached hydrogens (tertiary/aromatic N) is 3. The summed E-state index contributed by atoms with van der Waals surface area (Å²) in [5.74, 6) is -0.340. The summed E-state index contributed by atoms with van der Waals surface area (Å²) < 4.78 is 2.67. The largest absolute Gasteiger partial charge is 0.394 e. The van der Waals surface area contributed by atoms with Crippen LogP contribution >= 0.6 is 22.6 Å². The summed E-state index contributed by atoms with van der Waals surface area (Å²) >= 11 is 2.16. The lowest BCUT2D eigenvalue weighted by atomic mass is 10.0. The van der Waals surface area contributed by atoms with E-state index in [0.717, 1.165) is 9.26 Å². The molecule has 0 fully saturated rings. The van der Waals surface area contributed by atoms with Crippen molar-refractivity contribution in [1.82, 2.24) is 15.1 Å². The van der Waals surface area contributed by atoms with Gasteiger partial charge < -0.3 is 15.5 Å². The van der Waals surface area contributed by atoms with E-state index < -0.39 is 23.7 Å². The maximum atomic E-state index is 12.1. The molecule has 0 spiro atoms. The fraction of sp³-hybridized carbons (Fsp3) is 0.375. The number of aliphatic hydroxyl groups is 2. The Labute approximate surface area is 163 Å². The Bertz CT molecular complexity index is 758. The van der Waals surface area contributed by atoms with E-state index in [1.165, 1.54) is 24.3 Å². The smallest absolute Gasteiger partial charge is 0.269 e. The van der Waals surface area contributed by atoms with E-state index in [1.54, 1.807) is 4.68 Å². The van der Waals surface area contributed by atoms with Gasteiger partial charge in [-0.05, 0) is 47.2 Å². The van der Waals surface area contributed by atoms with Crippen LogP contribution in [0.15, 0.2) is 30.5 Å². The molecule has 140 valence electrons. The molecule has 1 heterocycles. The number of aliphatic hydroxyl groups excluding tert-OH is 2. The van der Waals surface area contributed by atoms with Gasteiger partial charge in [-0.2, -0.15) is 5.10 Å². The van der Waals surface area contributed by atoms with Crippen molar-refractivity contribution in [1.29, 1.82) is 0 Å². The molecule has 0 saturated heterocycles. The summed E-state index contributed by atoms with van der Waals surface area (Å²) in [4.78, 5) is 22.2. The quantitative estimate of drug-likeness (QED) is 0.301. The van der Waals surface area contributed by atoms with Crippen molar-refractivity contribution in [2.45, 2.75) is 32.0 Å². The first kappa shape index (κ1) is 20.3. The van der Waals surface area contributed by atoms with Gasteiger partial charge in [0.1, 0.15) is 6.10 Å². The molecule has 0 saturated carbocycles. The van der Waals surface area contributed by atoms with Gasteiger partial charge in [-0.15, -0.1) is 0 Å². The minimum Gasteiger partial charge on any atom is -0.394 e. The zero-order valence-electron chi connectivity index (χ0n) is 14.0. The highest BCUT2D eigenvalue weighted by molar-refractivity contribution is 14.1. The molecule has 1 amide bonds. The van der Waals surface area contributed by atoms with Crippen molar-refractivity contribution in [2.75, 3.05) is 6.61 Å². The van der Waals surface area contributed by atoms with Crippen molar-refractivity contribution in [2.24, 2.45) is 0 Å². The van der Waals surface area contributed by atoms with Crippen LogP contribution in [0, 0.1) is 20.6 Å². The van der Waals surface area contributed by atoms with Crippen molar-refractivity contribution in [3.63, 3.8) is 0 Å². The predicted octanol–water partition coefficient (Wildman–Crippen LogP) is 1.31. The van der Waals surface area contributed by atoms with E-state index in [-0.39, 0.29) is 18.0 Å². The molecule has 2 unspecified atom stereocenters. The topological polar surface area (TPSA) is 131 Å². The predicted molar refractivity (Wildman–Crippen MR) is 101 cm³/mol. The van der Waals surface area contributed by atoms with Gasteiger partial charge >= 0.3 is 0 Å². The van der Waals surface area contributed by atoms with Crippen molar-refractivity contribution in [3.8, 4) is 0 Å². The zero-order chi connectivity index (χ0) is 19.3. The highest BCUT2D eigenvalue weighted by atomic mass is 127. The average molecular weight is 474 g/mol. The first-order chi connectivity index (χ1) is 12.3. The second-order valence-corrected chi connectivity index (χ2v) is 6.89. The van der Waals surface area contributed by atoms with Crippen molar-refractivity contribution < 1.29 is 19.9 Å². The lowest BCUT2D eigenvalue weighted by molar-refractivity contribution is -0.384. The minimum absolute atomic E-state index is 0.102. The molecule has 2 aromatic rings. The van der Waals surface area contributed by atoms with Gasteiger partial charge in [0.15, 0.2) is 0 Å². The van der Waals surface area contributed by atoms with Crippen LogP contribution in [-0.2, 0) is 11.3 Å². The number of non-ortho nitro benzene ring substituents is 1. The van der Waals surface area contributed by atoms with Crippen molar-refractivity contribution in [3.05, 3.63) is 55.4 Å². The number of aryl methyl sites for hydroxylation is 2. The molecular formula is C16H19IN4O5. The molecule has 1 aromatic carbocycles. The van der Waals surface area contributed by atoms with Gasteiger partial charge in [0.25, 0.3) is 5.69 Å². The highest BCUT2D eigenvalue weighted by Crippen LogP contribution is 2.20. The Kier molecular flexibility index (Phi) is 7.06. The van der Waals surface area contributed by atoms with Crippen molar-refractivity contribution >= 4 is 34.2 Å². The standard InChI is InChI=1S/C16H19IN4O5/c1-10-13(17)8-20(19-10)7-6-15(23)18-14(9-22)16(24)11-2-4-12(5-3-11)21(25)26/h2-5,8,14,16,22,24H,6-7,9H2,1H3,(H,18,23). The molecule has 0 aliphatic heterocycles. The summed E-state index contributed by atoms with van der Waals surface area (Å²) in [7, 11) is 0. The van der Waals surface area contributed by atoms with E-state index >= 15 is 0 Å². The number of benzene rings is 1. The first-order valence-corrected chi connectivity index (χ1v) is 8.92. The third-order valence-electron chi connectivity index (χ3n) is 3.82. The van der Waals surface area contributed by atoms with Crippen LogP contribution in [0.2, 0.25) is 0 Å². The normalized spacial score (nSPS) is 13.2. The lowest BCUT2D eigenvalue weighted by Gasteiger charge is -2.22. The Morgan fingerprint density at radius 3 is 2.58 bits per heavy atom. The highest BCUT2D eigenvalue weighted by Gasteiger charge is 2.22. The van der Waals surface area contributed by atoms with Crippen LogP contribution in [0.3, 0.4) is 0 Å². The van der Waals surface area contributed by atoms with Gasteiger partial charge in [-0.3, -0.25) is 19.6 Å². The van der Waals surface area contributed by atoms with Crippen LogP contribution in [0.5, 0.6) is 0 Å². The zero-order valence-corrected chi connectivity index (χ0v) is 16.2. The van der Waals surface area contributed by atoms with Gasteiger partial charge in [-0.25, -0.2) is 0 Å². The van der Waals surface area contributed by atoms with Gasteiger partial charge in [0, 0.05) is 31.3 Å². The maximum absolute atomic E-state index is 12.1. The molecule has 10 heteroatoms. The fourth-order valence-corrected chi connectivity index (χ4v) is 2.78. The molecule has 2 rings (SSSR count). The summed E-state index contributed by atoms with van der Waals surface area (Å²) in [6.07, 6.45) is 0.789. The molecule has 26 heavy (non-hydrogen) atoms. The maximum Gasteiger partial charge on any atom is 0.269 e. The van der Waals surface area contributed by atoms with Crippen LogP contribution in [0.25, 0.3) is 0 Å². The number of nitrogens with one attached hydrogen (secondary N) is 1. The van der Waals surface area contributed by atoms with E-state index in [4.69, 9.17) is 0 Å². The molecule has 0 aliphatic carbocycles. The van der Waals surface area contributed by atoms with E-state index in [1.807, 2.05) is 13.1 Å². The van der Waals surface area contributed by atoms with Crippen LogP contribution < -0.4 is 5.32 Å². The third-order valence-corrected chi connectivity index (χ3v) is 4.88. The molecule has 0 radical (unpaired) electrons. The molecule has 0 aliphatic rings. The number of nitro groups is 1. The summed E-state index contributed by atoms with van der Waals surface area (Å²) in [5.41, 5.74) is 1.15. The fourth-order valence-electron chi connectivity index (χ4n) is 2.35. The number of carbonyl (C=O) groups is 1. The van der Waals surface area contributed by atoms with Gasteiger partial charge in [0.2, 0.25) is 5.91 Å². The average Bonchev–Trinajstić information content (AvgIpc) is 2.95. The molecular weight excluding hydrogens is 455 g/mol. The molecule has 0 bridgehead atoms. The first-order valence-electron chi connectivity index (χ1n) is 7.84.